The number of nitrogens with one attached hydrogen (secondary N) is 1. The minimum Gasteiger partial charge on any atom is -0.480 e. The second-order valence-electron chi connectivity index (χ2n) is 4.94. The number of aliphatic carboxylic acids is 1. The molecule has 0 heterocycles. The molecule has 0 spiro atoms. The molecule has 0 aliphatic carbocycles. The van der Waals surface area contributed by atoms with Gasteiger partial charge < -0.3 is 9.84 Å². The molecule has 122 valence electrons. The van der Waals surface area contributed by atoms with Crippen LogP contribution >= 0.6 is 0 Å². The minimum absolute atomic E-state index is 0.0107. The Bertz CT molecular complexity index is 458. The third-order valence-electron chi connectivity index (χ3n) is 2.65. The Morgan fingerprint density at radius 2 is 2.05 bits per heavy atom. The molecular weight excluding hydrogens is 298 g/mol. The Morgan fingerprint density at radius 3 is 2.48 bits per heavy atom. The fourth-order valence-electron chi connectivity index (χ4n) is 1.65. The Labute approximate surface area is 125 Å². The fourth-order valence-corrected chi connectivity index (χ4v) is 3.00. The number of hydrogen-bond acceptors (Lipinski definition) is 5. The van der Waals surface area contributed by atoms with Crippen molar-refractivity contribution in [1.29, 1.82) is 5.26 Å². The smallest absolute Gasteiger partial charge is 0.321 e. The zero-order valence-corrected chi connectivity index (χ0v) is 13.4. The maximum Gasteiger partial charge on any atom is 0.321 e. The number of methoxy groups -OCH3 is 1. The number of ether oxygens (including phenoxy) is 1. The zero-order chi connectivity index (χ0) is 16.5. The number of nitriles is 1. The van der Waals surface area contributed by atoms with Crippen molar-refractivity contribution in [2.75, 3.05) is 26.8 Å². The van der Waals surface area contributed by atoms with Gasteiger partial charge in [0.25, 0.3) is 10.2 Å². The molecule has 8 nitrogen and oxygen atoms in total. The summed E-state index contributed by atoms with van der Waals surface area (Å²) in [4.78, 5) is 11.1. The van der Waals surface area contributed by atoms with Gasteiger partial charge in [0.05, 0.1) is 12.7 Å². The van der Waals surface area contributed by atoms with Crippen LogP contribution in [0.25, 0.3) is 0 Å². The number of carboxylic acid groups (broad SMARTS) is 1. The van der Waals surface area contributed by atoms with Crippen molar-refractivity contribution in [3.8, 4) is 6.07 Å². The lowest BCUT2D eigenvalue weighted by Gasteiger charge is -2.24. The first-order chi connectivity index (χ1) is 9.74. The number of nitrogens with zero attached hydrogens (tertiary/aromatic N) is 2. The second-order valence-corrected chi connectivity index (χ2v) is 6.65. The lowest BCUT2D eigenvalue weighted by Crippen LogP contribution is -2.49. The molecule has 0 fully saturated rings. The SMILES string of the molecule is COCCN(CCC#N)S(=O)(=O)N[C@H](CC(C)C)C(=O)O. The molecule has 0 aromatic heterocycles. The largest absolute Gasteiger partial charge is 0.480 e. The Balaban J connectivity index is 4.99. The van der Waals surface area contributed by atoms with E-state index in [0.717, 1.165) is 4.31 Å². The summed E-state index contributed by atoms with van der Waals surface area (Å²) in [6, 6.07) is 0.671. The van der Waals surface area contributed by atoms with Gasteiger partial charge in [-0.15, -0.1) is 0 Å². The van der Waals surface area contributed by atoms with Gasteiger partial charge in [0.1, 0.15) is 6.04 Å². The second kappa shape index (κ2) is 9.68. The number of carbonyl (C=O) groups is 1. The van der Waals surface area contributed by atoms with E-state index >= 15 is 0 Å². The molecule has 1 atom stereocenters. The molecule has 0 aromatic carbocycles. The van der Waals surface area contributed by atoms with Crippen LogP contribution in [-0.2, 0) is 19.7 Å². The molecule has 0 aliphatic rings. The van der Waals surface area contributed by atoms with Crippen molar-refractivity contribution in [1.82, 2.24) is 9.03 Å². The first-order valence-electron chi connectivity index (χ1n) is 6.60. The third kappa shape index (κ3) is 7.96. The van der Waals surface area contributed by atoms with E-state index in [9.17, 15) is 13.2 Å². The van der Waals surface area contributed by atoms with Gasteiger partial charge in [0, 0.05) is 26.6 Å². The molecule has 0 unspecified atom stereocenters. The van der Waals surface area contributed by atoms with E-state index in [1.54, 1.807) is 0 Å². The average Bonchev–Trinajstić information content (AvgIpc) is 2.36. The highest BCUT2D eigenvalue weighted by Crippen LogP contribution is 2.08. The van der Waals surface area contributed by atoms with E-state index in [1.165, 1.54) is 7.11 Å². The maximum atomic E-state index is 12.2. The molecule has 0 aromatic rings. The predicted octanol–water partition coefficient (Wildman–Crippen LogP) is 0.182. The summed E-state index contributed by atoms with van der Waals surface area (Å²) < 4.78 is 32.5. The van der Waals surface area contributed by atoms with Crippen LogP contribution in [0.1, 0.15) is 26.7 Å². The Morgan fingerprint density at radius 1 is 1.43 bits per heavy atom. The van der Waals surface area contributed by atoms with Gasteiger partial charge in [-0.25, -0.2) is 0 Å². The van der Waals surface area contributed by atoms with Gasteiger partial charge in [-0.1, -0.05) is 13.8 Å². The third-order valence-corrected chi connectivity index (χ3v) is 4.28. The molecule has 0 radical (unpaired) electrons. The Hall–Kier alpha value is -1.21. The quantitative estimate of drug-likeness (QED) is 0.560. The van der Waals surface area contributed by atoms with Gasteiger partial charge >= 0.3 is 5.97 Å². The van der Waals surface area contributed by atoms with Gasteiger partial charge in [-0.05, 0) is 12.3 Å². The minimum atomic E-state index is -3.99. The van der Waals surface area contributed by atoms with Crippen LogP contribution in [0.5, 0.6) is 0 Å². The zero-order valence-electron chi connectivity index (χ0n) is 12.6. The van der Waals surface area contributed by atoms with Crippen LogP contribution in [0.15, 0.2) is 0 Å². The summed E-state index contributed by atoms with van der Waals surface area (Å²) in [5.74, 6) is -1.19. The van der Waals surface area contributed by atoms with Crippen molar-refractivity contribution >= 4 is 16.2 Å². The van der Waals surface area contributed by atoms with Crippen LogP contribution < -0.4 is 4.72 Å². The summed E-state index contributed by atoms with van der Waals surface area (Å²) in [5.41, 5.74) is 0. The monoisotopic (exact) mass is 321 g/mol. The topological polar surface area (TPSA) is 120 Å². The molecule has 0 bridgehead atoms. The van der Waals surface area contributed by atoms with Gasteiger partial charge in [0.2, 0.25) is 0 Å². The van der Waals surface area contributed by atoms with E-state index in [4.69, 9.17) is 15.1 Å². The molecule has 0 amide bonds. The molecule has 0 saturated heterocycles. The van der Waals surface area contributed by atoms with E-state index in [2.05, 4.69) is 4.72 Å². The van der Waals surface area contributed by atoms with Crippen LogP contribution in [0, 0.1) is 17.2 Å². The number of hydrogen-bond donors (Lipinski definition) is 2. The molecule has 21 heavy (non-hydrogen) atoms. The van der Waals surface area contributed by atoms with E-state index in [-0.39, 0.29) is 38.5 Å². The van der Waals surface area contributed by atoms with Gasteiger partial charge in [-0.3, -0.25) is 4.79 Å². The summed E-state index contributed by atoms with van der Waals surface area (Å²) in [6.07, 6.45) is 0.206. The van der Waals surface area contributed by atoms with E-state index in [1.807, 2.05) is 19.9 Å². The molecule has 0 aliphatic heterocycles. The van der Waals surface area contributed by atoms with Crippen LogP contribution in [0.4, 0.5) is 0 Å². The molecule has 0 rings (SSSR count). The van der Waals surface area contributed by atoms with Crippen LogP contribution in [0.2, 0.25) is 0 Å². The number of carboxylic acids is 1. The van der Waals surface area contributed by atoms with Crippen molar-refractivity contribution in [3.63, 3.8) is 0 Å². The van der Waals surface area contributed by atoms with E-state index in [0.29, 0.717) is 0 Å². The molecule has 9 heteroatoms. The van der Waals surface area contributed by atoms with Crippen LogP contribution in [0.3, 0.4) is 0 Å². The highest BCUT2D eigenvalue weighted by molar-refractivity contribution is 7.87. The van der Waals surface area contributed by atoms with Crippen molar-refractivity contribution in [3.05, 3.63) is 0 Å². The average molecular weight is 321 g/mol. The molecular formula is C12H23N3O5S. The summed E-state index contributed by atoms with van der Waals surface area (Å²) in [6.45, 7) is 3.82. The summed E-state index contributed by atoms with van der Waals surface area (Å²) in [7, 11) is -2.55. The number of rotatable bonds is 11. The first-order valence-corrected chi connectivity index (χ1v) is 8.04. The van der Waals surface area contributed by atoms with Gasteiger partial charge in [-0.2, -0.15) is 22.7 Å². The normalized spacial score (nSPS) is 13.3. The lowest BCUT2D eigenvalue weighted by atomic mass is 10.1. The van der Waals surface area contributed by atoms with Crippen molar-refractivity contribution < 1.29 is 23.1 Å². The standard InChI is InChI=1S/C12H23N3O5S/c1-10(2)9-11(12(16)17)14-21(18,19)15(6-4-5-13)7-8-20-3/h10-11,14H,4,6-9H2,1-3H3,(H,16,17)/t11-/m1/s1. The highest BCUT2D eigenvalue weighted by Gasteiger charge is 2.29. The Kier molecular flexibility index (Phi) is 9.12. The van der Waals surface area contributed by atoms with Crippen molar-refractivity contribution in [2.45, 2.75) is 32.7 Å². The van der Waals surface area contributed by atoms with Gasteiger partial charge in [0.15, 0.2) is 0 Å². The molecule has 0 saturated carbocycles. The van der Waals surface area contributed by atoms with Crippen molar-refractivity contribution in [2.24, 2.45) is 5.92 Å². The molecule has 2 N–H and O–H groups in total. The fraction of sp³-hybridized carbons (Fsp3) is 0.833. The predicted molar refractivity (Wildman–Crippen MR) is 76.6 cm³/mol. The summed E-state index contributed by atoms with van der Waals surface area (Å²) in [5, 5.41) is 17.7. The summed E-state index contributed by atoms with van der Waals surface area (Å²) >= 11 is 0. The van der Waals surface area contributed by atoms with Crippen LogP contribution in [-0.4, -0.2) is 56.6 Å². The highest BCUT2D eigenvalue weighted by atomic mass is 32.2. The maximum absolute atomic E-state index is 12.2. The first kappa shape index (κ1) is 19.8. The lowest BCUT2D eigenvalue weighted by molar-refractivity contribution is -0.139. The van der Waals surface area contributed by atoms with E-state index < -0.39 is 22.2 Å².